The van der Waals surface area contributed by atoms with Crippen LogP contribution in [0.25, 0.3) is 0 Å². The Morgan fingerprint density at radius 1 is 1.23 bits per heavy atom. The average Bonchev–Trinajstić information content (AvgIpc) is 3.04. The van der Waals surface area contributed by atoms with E-state index >= 15 is 0 Å². The molecule has 2 aliphatic heterocycles. The van der Waals surface area contributed by atoms with E-state index in [1.165, 1.54) is 0 Å². The highest BCUT2D eigenvalue weighted by Crippen LogP contribution is 2.31. The largest absolute Gasteiger partial charge is 0.492 e. The summed E-state index contributed by atoms with van der Waals surface area (Å²) < 4.78 is 11.3. The molecule has 168 valence electrons. The van der Waals surface area contributed by atoms with Gasteiger partial charge < -0.3 is 14.4 Å². The molecule has 8 heteroatoms. The predicted molar refractivity (Wildman–Crippen MR) is 114 cm³/mol. The van der Waals surface area contributed by atoms with Crippen molar-refractivity contribution in [3.8, 4) is 5.75 Å². The molecule has 1 saturated heterocycles. The van der Waals surface area contributed by atoms with Crippen LogP contribution < -0.4 is 10.1 Å². The second-order valence-corrected chi connectivity index (χ2v) is 8.66. The van der Waals surface area contributed by atoms with Crippen LogP contribution in [0.15, 0.2) is 18.2 Å². The number of carbonyl (C=O) groups is 3. The fourth-order valence-electron chi connectivity index (χ4n) is 4.69. The Morgan fingerprint density at radius 3 is 2.74 bits per heavy atom. The summed E-state index contributed by atoms with van der Waals surface area (Å²) in [6.07, 6.45) is 3.32. The quantitative estimate of drug-likeness (QED) is 0.600. The molecule has 1 aromatic carbocycles. The minimum absolute atomic E-state index is 0.164. The average molecular weight is 430 g/mol. The molecule has 0 bridgehead atoms. The Labute approximate surface area is 182 Å². The van der Waals surface area contributed by atoms with Gasteiger partial charge in [0.05, 0.1) is 6.10 Å². The number of imide groups is 1. The molecule has 2 heterocycles. The van der Waals surface area contributed by atoms with Crippen molar-refractivity contribution in [2.75, 3.05) is 33.4 Å². The van der Waals surface area contributed by atoms with Gasteiger partial charge in [-0.2, -0.15) is 0 Å². The third-order valence-corrected chi connectivity index (χ3v) is 6.66. The highest BCUT2D eigenvalue weighted by Gasteiger charge is 2.39. The maximum absolute atomic E-state index is 12.8. The molecule has 3 amide bonds. The molecule has 0 radical (unpaired) electrons. The number of likely N-dealkylation sites (N-methyl/N-ethyl adjacent to an activating group) is 1. The van der Waals surface area contributed by atoms with Crippen LogP contribution in [-0.4, -0.2) is 73.0 Å². The van der Waals surface area contributed by atoms with Crippen molar-refractivity contribution in [1.82, 2.24) is 15.1 Å². The van der Waals surface area contributed by atoms with Crippen molar-refractivity contribution in [2.45, 2.75) is 51.3 Å². The minimum Gasteiger partial charge on any atom is -0.492 e. The van der Waals surface area contributed by atoms with Crippen molar-refractivity contribution in [2.24, 2.45) is 5.92 Å². The van der Waals surface area contributed by atoms with Crippen molar-refractivity contribution >= 4 is 17.7 Å². The van der Waals surface area contributed by atoms with Gasteiger partial charge in [0.15, 0.2) is 0 Å². The Bertz CT molecular complexity index is 852. The first kappa shape index (κ1) is 21.8. The molecule has 1 aliphatic carbocycles. The molecule has 0 spiro atoms. The van der Waals surface area contributed by atoms with Crippen LogP contribution in [0.2, 0.25) is 0 Å². The lowest BCUT2D eigenvalue weighted by atomic mass is 9.82. The van der Waals surface area contributed by atoms with Gasteiger partial charge >= 0.3 is 0 Å². The number of ether oxygens (including phenoxy) is 2. The maximum atomic E-state index is 12.8. The molecular weight excluding hydrogens is 398 g/mol. The maximum Gasteiger partial charge on any atom is 0.255 e. The van der Waals surface area contributed by atoms with Crippen molar-refractivity contribution < 1.29 is 23.9 Å². The van der Waals surface area contributed by atoms with Gasteiger partial charge in [-0.3, -0.25) is 24.6 Å². The summed E-state index contributed by atoms with van der Waals surface area (Å²) in [7, 11) is 1.78. The summed E-state index contributed by atoms with van der Waals surface area (Å²) in [5, 5.41) is 2.33. The van der Waals surface area contributed by atoms with Crippen LogP contribution in [0.3, 0.4) is 0 Å². The summed E-state index contributed by atoms with van der Waals surface area (Å²) in [6, 6.07) is 4.89. The standard InChI is InChI=1S/C23H31N3O5/c1-3-25(13-15-10-18(11-15)30-2)8-9-31-17-4-5-19-16(12-17)14-26(23(19)29)20-6-7-21(27)24-22(20)28/h4-5,12,15,18,20H,3,6-11,13-14H2,1-2H3,(H,24,27,28)/t15-,18-,20?. The summed E-state index contributed by atoms with van der Waals surface area (Å²) in [6.45, 7) is 6.01. The number of amides is 3. The van der Waals surface area contributed by atoms with Crippen LogP contribution in [0, 0.1) is 5.92 Å². The van der Waals surface area contributed by atoms with Crippen molar-refractivity contribution in [3.63, 3.8) is 0 Å². The highest BCUT2D eigenvalue weighted by atomic mass is 16.5. The summed E-state index contributed by atoms with van der Waals surface area (Å²) in [4.78, 5) is 40.3. The Morgan fingerprint density at radius 2 is 2.03 bits per heavy atom. The SMILES string of the molecule is CCN(CCOc1ccc2c(c1)CN(C1CCC(=O)NC1=O)C2=O)C[C@H]1C[C@H](OC)C1. The summed E-state index contributed by atoms with van der Waals surface area (Å²) >= 11 is 0. The van der Waals surface area contributed by atoms with Crippen LogP contribution in [0.4, 0.5) is 0 Å². The lowest BCUT2D eigenvalue weighted by Gasteiger charge is -2.37. The van der Waals surface area contributed by atoms with Gasteiger partial charge in [0.1, 0.15) is 18.4 Å². The zero-order valence-electron chi connectivity index (χ0n) is 18.3. The van der Waals surface area contributed by atoms with Crippen molar-refractivity contribution in [1.29, 1.82) is 0 Å². The van der Waals surface area contributed by atoms with E-state index in [1.807, 2.05) is 12.1 Å². The monoisotopic (exact) mass is 429 g/mol. The second-order valence-electron chi connectivity index (χ2n) is 8.66. The fraction of sp³-hybridized carbons (Fsp3) is 0.609. The van der Waals surface area contributed by atoms with E-state index in [4.69, 9.17) is 9.47 Å². The van der Waals surface area contributed by atoms with Gasteiger partial charge in [-0.15, -0.1) is 0 Å². The van der Waals surface area contributed by atoms with Gasteiger partial charge in [0, 0.05) is 38.7 Å². The normalized spacial score (nSPS) is 25.5. The number of nitrogens with one attached hydrogen (secondary N) is 1. The number of hydrogen-bond acceptors (Lipinski definition) is 6. The lowest BCUT2D eigenvalue weighted by molar-refractivity contribution is -0.136. The van der Waals surface area contributed by atoms with Crippen LogP contribution in [0.1, 0.15) is 48.5 Å². The fourth-order valence-corrected chi connectivity index (χ4v) is 4.69. The lowest BCUT2D eigenvalue weighted by Crippen LogP contribution is -2.52. The van der Waals surface area contributed by atoms with E-state index in [1.54, 1.807) is 18.1 Å². The molecule has 1 saturated carbocycles. The minimum atomic E-state index is -0.593. The predicted octanol–water partition coefficient (Wildman–Crippen LogP) is 1.57. The smallest absolute Gasteiger partial charge is 0.255 e. The Kier molecular flexibility index (Phi) is 6.57. The molecule has 0 aromatic heterocycles. The van der Waals surface area contributed by atoms with Gasteiger partial charge in [0.2, 0.25) is 11.8 Å². The highest BCUT2D eigenvalue weighted by molar-refractivity contribution is 6.05. The Balaban J connectivity index is 1.29. The van der Waals surface area contributed by atoms with Crippen LogP contribution in [0.5, 0.6) is 5.75 Å². The molecule has 1 aromatic rings. The van der Waals surface area contributed by atoms with E-state index in [2.05, 4.69) is 17.1 Å². The van der Waals surface area contributed by atoms with Crippen LogP contribution in [-0.2, 0) is 20.9 Å². The topological polar surface area (TPSA) is 88.2 Å². The Hall–Kier alpha value is -2.45. The number of hydrogen-bond donors (Lipinski definition) is 1. The van der Waals surface area contributed by atoms with E-state index in [0.717, 1.165) is 43.8 Å². The third kappa shape index (κ3) is 4.75. The van der Waals surface area contributed by atoms with Gasteiger partial charge in [-0.25, -0.2) is 0 Å². The second kappa shape index (κ2) is 9.36. The number of nitrogens with zero attached hydrogens (tertiary/aromatic N) is 2. The molecule has 3 aliphatic rings. The molecular formula is C23H31N3O5. The number of fused-ring (bicyclic) bond motifs is 1. The zero-order valence-corrected chi connectivity index (χ0v) is 18.3. The zero-order chi connectivity index (χ0) is 22.0. The first-order chi connectivity index (χ1) is 15.0. The molecule has 4 rings (SSSR count). The number of benzene rings is 1. The summed E-state index contributed by atoms with van der Waals surface area (Å²) in [5.74, 6) is 0.600. The van der Waals surface area contributed by atoms with E-state index < -0.39 is 11.9 Å². The molecule has 1 N–H and O–H groups in total. The van der Waals surface area contributed by atoms with E-state index in [0.29, 0.717) is 37.2 Å². The number of carbonyl (C=O) groups excluding carboxylic acids is 3. The van der Waals surface area contributed by atoms with Crippen LogP contribution >= 0.6 is 0 Å². The molecule has 31 heavy (non-hydrogen) atoms. The van der Waals surface area contributed by atoms with Gasteiger partial charge in [-0.05, 0) is 55.5 Å². The molecule has 1 unspecified atom stereocenters. The first-order valence-electron chi connectivity index (χ1n) is 11.1. The van der Waals surface area contributed by atoms with E-state index in [-0.39, 0.29) is 18.2 Å². The van der Waals surface area contributed by atoms with Gasteiger partial charge in [-0.1, -0.05) is 6.92 Å². The molecule has 8 nitrogen and oxygen atoms in total. The first-order valence-corrected chi connectivity index (χ1v) is 11.1. The number of methoxy groups -OCH3 is 1. The van der Waals surface area contributed by atoms with E-state index in [9.17, 15) is 14.4 Å². The summed E-state index contributed by atoms with van der Waals surface area (Å²) in [5.41, 5.74) is 1.46. The van der Waals surface area contributed by atoms with Crippen molar-refractivity contribution in [3.05, 3.63) is 29.3 Å². The third-order valence-electron chi connectivity index (χ3n) is 6.66. The van der Waals surface area contributed by atoms with Gasteiger partial charge in [0.25, 0.3) is 5.91 Å². The molecule has 1 atom stereocenters. The number of piperidine rings is 1. The molecule has 2 fully saturated rings. The number of rotatable bonds is 9.